The molecule has 1 aliphatic rings. The van der Waals surface area contributed by atoms with E-state index in [1.54, 1.807) is 0 Å². The summed E-state index contributed by atoms with van der Waals surface area (Å²) in [6.45, 7) is 0.0801. The van der Waals surface area contributed by atoms with Gasteiger partial charge in [-0.25, -0.2) is 21.8 Å². The van der Waals surface area contributed by atoms with E-state index in [9.17, 15) is 31.7 Å². The number of ether oxygens (including phenoxy) is 1. The molecule has 2 aromatic carbocycles. The molecule has 1 aromatic heterocycles. The molecule has 192 valence electrons. The van der Waals surface area contributed by atoms with Gasteiger partial charge in [0.05, 0.1) is 27.7 Å². The van der Waals surface area contributed by atoms with Crippen LogP contribution in [0.5, 0.6) is 5.75 Å². The second kappa shape index (κ2) is 9.72. The molecule has 15 heteroatoms. The van der Waals surface area contributed by atoms with E-state index in [0.29, 0.717) is 10.2 Å². The van der Waals surface area contributed by atoms with Crippen LogP contribution < -0.4 is 10.1 Å². The molecule has 3 aromatic rings. The summed E-state index contributed by atoms with van der Waals surface area (Å²) in [7, 11) is -6.47. The van der Waals surface area contributed by atoms with Crippen LogP contribution in [0.1, 0.15) is 12.8 Å². The summed E-state index contributed by atoms with van der Waals surface area (Å²) >= 11 is 1.07. The molecule has 2 heterocycles. The first-order chi connectivity index (χ1) is 16.9. The molecule has 0 bridgehead atoms. The Morgan fingerprint density at radius 3 is 2.39 bits per heavy atom. The van der Waals surface area contributed by atoms with Crippen LogP contribution >= 0.6 is 11.3 Å². The van der Waals surface area contributed by atoms with Crippen LogP contribution in [-0.4, -0.2) is 63.4 Å². The second-order valence-corrected chi connectivity index (χ2v) is 13.1. The second-order valence-electron chi connectivity index (χ2n) is 8.16. The Balaban J connectivity index is 1.47. The number of anilines is 1. The third-order valence-corrected chi connectivity index (χ3v) is 9.96. The number of rotatable bonds is 7. The number of amides is 1. The first-order valence-electron chi connectivity index (χ1n) is 10.6. The number of hydrogen-bond acceptors (Lipinski definition) is 10. The SMILES string of the molecule is COc1cc([N+](=O)[O-])cc2sc(NC(=O)C3CCN(S(=O)(=O)c4ccccc4S(C)(=O)=O)CC3)nc12. The Morgan fingerprint density at radius 2 is 1.81 bits per heavy atom. The normalized spacial score (nSPS) is 15.6. The third kappa shape index (κ3) is 5.04. The number of sulfonamides is 1. The van der Waals surface area contributed by atoms with Crippen molar-refractivity contribution in [1.82, 2.24) is 9.29 Å². The lowest BCUT2D eigenvalue weighted by Crippen LogP contribution is -2.41. The summed E-state index contributed by atoms with van der Waals surface area (Å²) < 4.78 is 57.3. The van der Waals surface area contributed by atoms with Crippen molar-refractivity contribution in [3.8, 4) is 5.75 Å². The van der Waals surface area contributed by atoms with Gasteiger partial charge in [0.15, 0.2) is 20.7 Å². The number of nitro groups is 1. The minimum Gasteiger partial charge on any atom is -0.494 e. The number of hydrogen-bond donors (Lipinski definition) is 1. The zero-order chi connectivity index (χ0) is 26.3. The molecular formula is C21H22N4O8S3. The molecule has 1 saturated heterocycles. The van der Waals surface area contributed by atoms with Gasteiger partial charge < -0.3 is 10.1 Å². The Morgan fingerprint density at radius 1 is 1.17 bits per heavy atom. The molecule has 0 radical (unpaired) electrons. The van der Waals surface area contributed by atoms with Crippen molar-refractivity contribution >= 4 is 58.1 Å². The van der Waals surface area contributed by atoms with Crippen molar-refractivity contribution in [2.24, 2.45) is 5.92 Å². The fraction of sp³-hybridized carbons (Fsp3) is 0.333. The van der Waals surface area contributed by atoms with Crippen molar-refractivity contribution in [3.63, 3.8) is 0 Å². The van der Waals surface area contributed by atoms with Crippen LogP contribution in [0.25, 0.3) is 10.2 Å². The molecule has 1 fully saturated rings. The molecule has 0 atom stereocenters. The molecule has 0 saturated carbocycles. The maximum Gasteiger partial charge on any atom is 0.274 e. The van der Waals surface area contributed by atoms with E-state index >= 15 is 0 Å². The number of piperidine rings is 1. The molecule has 1 aliphatic heterocycles. The largest absolute Gasteiger partial charge is 0.494 e. The molecule has 0 unspecified atom stereocenters. The number of benzene rings is 2. The highest BCUT2D eigenvalue weighted by Crippen LogP contribution is 2.36. The minimum absolute atomic E-state index is 0.0401. The zero-order valence-corrected chi connectivity index (χ0v) is 21.7. The van der Waals surface area contributed by atoms with Gasteiger partial charge >= 0.3 is 0 Å². The van der Waals surface area contributed by atoms with E-state index in [-0.39, 0.29) is 58.2 Å². The average molecular weight is 555 g/mol. The van der Waals surface area contributed by atoms with E-state index in [1.165, 1.54) is 47.8 Å². The van der Waals surface area contributed by atoms with Gasteiger partial charge in [-0.3, -0.25) is 14.9 Å². The summed E-state index contributed by atoms with van der Waals surface area (Å²) in [6.07, 6.45) is 1.41. The van der Waals surface area contributed by atoms with E-state index in [4.69, 9.17) is 4.74 Å². The van der Waals surface area contributed by atoms with Crippen molar-refractivity contribution in [2.75, 3.05) is 31.8 Å². The molecule has 0 spiro atoms. The summed E-state index contributed by atoms with van der Waals surface area (Å²) in [6, 6.07) is 8.04. The number of aromatic nitrogens is 1. The number of methoxy groups -OCH3 is 1. The number of fused-ring (bicyclic) bond motifs is 1. The summed E-state index contributed by atoms with van der Waals surface area (Å²) in [5.41, 5.74) is 0.223. The number of carbonyl (C=O) groups excluding carboxylic acids is 1. The summed E-state index contributed by atoms with van der Waals surface area (Å²) in [4.78, 5) is 27.2. The maximum atomic E-state index is 13.2. The third-order valence-electron chi connectivity index (χ3n) is 5.80. The summed E-state index contributed by atoms with van der Waals surface area (Å²) in [5.74, 6) is -0.634. The highest BCUT2D eigenvalue weighted by molar-refractivity contribution is 7.93. The Labute approximate surface area is 211 Å². The van der Waals surface area contributed by atoms with Gasteiger partial charge in [-0.2, -0.15) is 4.31 Å². The van der Waals surface area contributed by atoms with Crippen molar-refractivity contribution < 1.29 is 31.3 Å². The van der Waals surface area contributed by atoms with Gasteiger partial charge in [0.2, 0.25) is 15.9 Å². The first kappa shape index (κ1) is 25.9. The molecule has 0 aliphatic carbocycles. The van der Waals surface area contributed by atoms with Crippen molar-refractivity contribution in [1.29, 1.82) is 0 Å². The highest BCUT2D eigenvalue weighted by Gasteiger charge is 2.34. The molecule has 12 nitrogen and oxygen atoms in total. The minimum atomic E-state index is -4.08. The lowest BCUT2D eigenvalue weighted by Gasteiger charge is -2.30. The van der Waals surface area contributed by atoms with E-state index in [1.807, 2.05) is 0 Å². The fourth-order valence-corrected chi connectivity index (χ4v) is 7.97. The van der Waals surface area contributed by atoms with Crippen molar-refractivity contribution in [2.45, 2.75) is 22.6 Å². The molecular weight excluding hydrogens is 532 g/mol. The highest BCUT2D eigenvalue weighted by atomic mass is 32.2. The lowest BCUT2D eigenvalue weighted by atomic mass is 9.97. The van der Waals surface area contributed by atoms with Gasteiger partial charge in [-0.15, -0.1) is 0 Å². The average Bonchev–Trinajstić information content (AvgIpc) is 3.25. The van der Waals surface area contributed by atoms with Crippen LogP contribution in [0, 0.1) is 16.0 Å². The van der Waals surface area contributed by atoms with Crippen LogP contribution in [0.15, 0.2) is 46.2 Å². The quantitative estimate of drug-likeness (QED) is 0.341. The van der Waals surface area contributed by atoms with Gasteiger partial charge in [0.1, 0.15) is 10.4 Å². The van der Waals surface area contributed by atoms with E-state index in [2.05, 4.69) is 10.3 Å². The monoisotopic (exact) mass is 554 g/mol. The number of carbonyl (C=O) groups is 1. The number of thiazole rings is 1. The van der Waals surface area contributed by atoms with E-state index < -0.39 is 30.7 Å². The van der Waals surface area contributed by atoms with Gasteiger partial charge in [-0.1, -0.05) is 23.5 Å². The van der Waals surface area contributed by atoms with Crippen LogP contribution in [-0.2, 0) is 24.7 Å². The Kier molecular flexibility index (Phi) is 7.01. The zero-order valence-electron chi connectivity index (χ0n) is 19.2. The first-order valence-corrected chi connectivity index (χ1v) is 14.8. The van der Waals surface area contributed by atoms with Crippen LogP contribution in [0.3, 0.4) is 0 Å². The van der Waals surface area contributed by atoms with Crippen LogP contribution in [0.2, 0.25) is 0 Å². The maximum absolute atomic E-state index is 13.2. The topological polar surface area (TPSA) is 166 Å². The Bertz CT molecular complexity index is 1560. The predicted octanol–water partition coefficient (Wildman–Crippen LogP) is 2.66. The van der Waals surface area contributed by atoms with Gasteiger partial charge in [0, 0.05) is 31.3 Å². The van der Waals surface area contributed by atoms with Crippen LogP contribution in [0.4, 0.5) is 10.8 Å². The lowest BCUT2D eigenvalue weighted by molar-refractivity contribution is -0.384. The number of nitrogens with one attached hydrogen (secondary N) is 1. The number of sulfone groups is 1. The summed E-state index contributed by atoms with van der Waals surface area (Å²) in [5, 5.41) is 14.1. The number of non-ortho nitro benzene ring substituents is 1. The molecule has 1 amide bonds. The fourth-order valence-electron chi connectivity index (χ4n) is 3.97. The van der Waals surface area contributed by atoms with Gasteiger partial charge in [0.25, 0.3) is 5.69 Å². The van der Waals surface area contributed by atoms with Gasteiger partial charge in [-0.05, 0) is 25.0 Å². The molecule has 1 N–H and O–H groups in total. The Hall–Kier alpha value is -3.14. The number of nitrogens with zero attached hydrogens (tertiary/aromatic N) is 3. The molecule has 36 heavy (non-hydrogen) atoms. The number of nitro benzene ring substituents is 1. The van der Waals surface area contributed by atoms with E-state index in [0.717, 1.165) is 17.6 Å². The smallest absolute Gasteiger partial charge is 0.274 e. The standard InChI is InChI=1S/C21H22N4O8S3/c1-33-15-11-14(25(27)28)12-16-19(15)22-21(34-16)23-20(26)13-7-9-24(10-8-13)36(31,32)18-6-4-3-5-17(18)35(2,29)30/h3-6,11-13H,7-10H2,1-2H3,(H,22,23,26). The predicted molar refractivity (Wildman–Crippen MR) is 132 cm³/mol. The molecule has 4 rings (SSSR count). The van der Waals surface area contributed by atoms with Crippen molar-refractivity contribution in [3.05, 3.63) is 46.5 Å².